The minimum Gasteiger partial charge on any atom is -0.387 e. The van der Waals surface area contributed by atoms with Crippen LogP contribution in [0.15, 0.2) is 36.4 Å². The van der Waals surface area contributed by atoms with E-state index in [1.54, 1.807) is 30.7 Å². The van der Waals surface area contributed by atoms with Gasteiger partial charge in [0, 0.05) is 55.8 Å². The van der Waals surface area contributed by atoms with Crippen LogP contribution in [0.2, 0.25) is 0 Å². The molecule has 3 aromatic rings. The first kappa shape index (κ1) is 25.4. The van der Waals surface area contributed by atoms with Crippen molar-refractivity contribution in [1.82, 2.24) is 9.47 Å². The zero-order valence-corrected chi connectivity index (χ0v) is 21.3. The highest BCUT2D eigenvalue weighted by Crippen LogP contribution is 2.43. The van der Waals surface area contributed by atoms with Gasteiger partial charge in [0.2, 0.25) is 11.8 Å². The molecule has 1 saturated heterocycles. The van der Waals surface area contributed by atoms with Gasteiger partial charge >= 0.3 is 0 Å². The summed E-state index contributed by atoms with van der Waals surface area (Å²) < 4.78 is 15.6. The largest absolute Gasteiger partial charge is 0.387 e. The van der Waals surface area contributed by atoms with E-state index >= 15 is 0 Å². The number of hydrogen-bond donors (Lipinski definition) is 2. The minimum atomic E-state index is -0.516. The van der Waals surface area contributed by atoms with Gasteiger partial charge in [-0.05, 0) is 60.6 Å². The number of nitrogens with zero attached hydrogens (tertiary/aromatic N) is 2. The van der Waals surface area contributed by atoms with Crippen molar-refractivity contribution in [3.8, 4) is 11.1 Å². The molecular weight excluding hydrogens is 459 g/mol. The summed E-state index contributed by atoms with van der Waals surface area (Å²) in [4.78, 5) is 37.0. The number of aromatic nitrogens is 1. The van der Waals surface area contributed by atoms with E-state index in [0.29, 0.717) is 29.6 Å². The lowest BCUT2D eigenvalue weighted by Gasteiger charge is -2.30. The standard InChI is InChI=1S/C22H22FN3O2.C6H11NO/c1-22(2)10-18-20(12-4-6-14(21(24)28)16(8-12)25-3)15-7-5-13(23)9-17(15)26(18)19(27)11-22;1-6(8)7-4-2-3-5-7/h4-9,25H,10-11H2,1-3H3,(H2,24,28);2-5H2,1H3. The summed E-state index contributed by atoms with van der Waals surface area (Å²) in [6.07, 6.45) is 3.48. The third kappa shape index (κ3) is 4.85. The number of primary amides is 1. The van der Waals surface area contributed by atoms with Gasteiger partial charge in [-0.3, -0.25) is 19.0 Å². The van der Waals surface area contributed by atoms with Crippen LogP contribution in [-0.2, 0) is 11.2 Å². The Morgan fingerprint density at radius 2 is 1.75 bits per heavy atom. The van der Waals surface area contributed by atoms with E-state index in [9.17, 15) is 18.8 Å². The van der Waals surface area contributed by atoms with Gasteiger partial charge in [-0.25, -0.2) is 4.39 Å². The number of hydrogen-bond acceptors (Lipinski definition) is 4. The zero-order valence-electron chi connectivity index (χ0n) is 21.3. The number of anilines is 1. The van der Waals surface area contributed by atoms with Gasteiger partial charge in [0.25, 0.3) is 5.91 Å². The van der Waals surface area contributed by atoms with Crippen LogP contribution < -0.4 is 11.1 Å². The Balaban J connectivity index is 0.000000325. The van der Waals surface area contributed by atoms with Gasteiger partial charge < -0.3 is 16.0 Å². The molecular formula is C28H33FN4O3. The van der Waals surface area contributed by atoms with Gasteiger partial charge in [-0.1, -0.05) is 19.9 Å². The number of amides is 2. The molecule has 1 aromatic heterocycles. The normalized spacial score (nSPS) is 16.4. The van der Waals surface area contributed by atoms with Crippen molar-refractivity contribution < 1.29 is 18.8 Å². The second-order valence-corrected chi connectivity index (χ2v) is 10.3. The van der Waals surface area contributed by atoms with Crippen LogP contribution in [-0.4, -0.2) is 47.3 Å². The smallest absolute Gasteiger partial charge is 0.250 e. The molecule has 0 atom stereocenters. The van der Waals surface area contributed by atoms with Crippen LogP contribution in [0.4, 0.5) is 10.1 Å². The third-order valence-corrected chi connectivity index (χ3v) is 6.95. The molecule has 0 radical (unpaired) electrons. The van der Waals surface area contributed by atoms with Crippen molar-refractivity contribution in [1.29, 1.82) is 0 Å². The molecule has 2 aromatic carbocycles. The van der Waals surface area contributed by atoms with E-state index in [-0.39, 0.29) is 23.0 Å². The van der Waals surface area contributed by atoms with Crippen molar-refractivity contribution >= 4 is 34.3 Å². The van der Waals surface area contributed by atoms with Gasteiger partial charge in [0.05, 0.1) is 11.1 Å². The first-order valence-electron chi connectivity index (χ1n) is 12.3. The van der Waals surface area contributed by atoms with Crippen LogP contribution in [0.3, 0.4) is 0 Å². The van der Waals surface area contributed by atoms with Crippen molar-refractivity contribution in [3.05, 3.63) is 53.5 Å². The molecule has 8 heteroatoms. The monoisotopic (exact) mass is 492 g/mol. The van der Waals surface area contributed by atoms with Gasteiger partial charge in [-0.2, -0.15) is 0 Å². The number of nitrogens with one attached hydrogen (secondary N) is 1. The summed E-state index contributed by atoms with van der Waals surface area (Å²) in [6, 6.07) is 9.89. The topological polar surface area (TPSA) is 97.4 Å². The molecule has 2 aliphatic rings. The van der Waals surface area contributed by atoms with Gasteiger partial charge in [0.15, 0.2) is 0 Å². The number of likely N-dealkylation sites (tertiary alicyclic amines) is 1. The summed E-state index contributed by atoms with van der Waals surface area (Å²) in [5, 5.41) is 3.82. The number of benzene rings is 2. The van der Waals surface area contributed by atoms with Crippen LogP contribution in [0.1, 0.15) is 60.9 Å². The first-order chi connectivity index (χ1) is 17.0. The highest BCUT2D eigenvalue weighted by Gasteiger charge is 2.35. The predicted octanol–water partition coefficient (Wildman–Crippen LogP) is 4.83. The van der Waals surface area contributed by atoms with Gasteiger partial charge in [-0.15, -0.1) is 0 Å². The summed E-state index contributed by atoms with van der Waals surface area (Å²) in [5.41, 5.74) is 9.48. The molecule has 3 heterocycles. The van der Waals surface area contributed by atoms with E-state index < -0.39 is 5.91 Å². The van der Waals surface area contributed by atoms with E-state index in [4.69, 9.17) is 5.73 Å². The molecule has 2 amide bonds. The molecule has 7 nitrogen and oxygen atoms in total. The Kier molecular flexibility index (Phi) is 6.89. The maximum atomic E-state index is 14.0. The second kappa shape index (κ2) is 9.76. The number of halogens is 1. The molecule has 190 valence electrons. The van der Waals surface area contributed by atoms with Crippen molar-refractivity contribution in [2.24, 2.45) is 11.1 Å². The van der Waals surface area contributed by atoms with Crippen LogP contribution >= 0.6 is 0 Å². The molecule has 2 aliphatic heterocycles. The lowest BCUT2D eigenvalue weighted by Crippen LogP contribution is -2.31. The number of rotatable bonds is 3. The van der Waals surface area contributed by atoms with E-state index in [1.165, 1.54) is 25.0 Å². The fourth-order valence-corrected chi connectivity index (χ4v) is 5.25. The average molecular weight is 493 g/mol. The Hall–Kier alpha value is -3.68. The minimum absolute atomic E-state index is 0.0318. The molecule has 0 spiro atoms. The zero-order chi connectivity index (χ0) is 26.2. The van der Waals surface area contributed by atoms with E-state index in [2.05, 4.69) is 19.2 Å². The van der Waals surface area contributed by atoms with Gasteiger partial charge in [0.1, 0.15) is 5.82 Å². The summed E-state index contributed by atoms with van der Waals surface area (Å²) in [5.74, 6) is -0.701. The molecule has 36 heavy (non-hydrogen) atoms. The maximum Gasteiger partial charge on any atom is 0.250 e. The lowest BCUT2D eigenvalue weighted by molar-refractivity contribution is -0.127. The second-order valence-electron chi connectivity index (χ2n) is 10.3. The fraction of sp³-hybridized carbons (Fsp3) is 0.393. The molecule has 1 fully saturated rings. The summed E-state index contributed by atoms with van der Waals surface area (Å²) in [6.45, 7) is 7.72. The molecule has 0 saturated carbocycles. The molecule has 0 unspecified atom stereocenters. The Morgan fingerprint density at radius 1 is 1.06 bits per heavy atom. The van der Waals surface area contributed by atoms with E-state index in [1.807, 2.05) is 17.0 Å². The molecule has 5 rings (SSSR count). The fourth-order valence-electron chi connectivity index (χ4n) is 5.25. The Bertz CT molecular complexity index is 1350. The average Bonchev–Trinajstić information content (AvgIpc) is 3.44. The van der Waals surface area contributed by atoms with Crippen molar-refractivity contribution in [3.63, 3.8) is 0 Å². The summed E-state index contributed by atoms with van der Waals surface area (Å²) in [7, 11) is 1.72. The molecule has 0 bridgehead atoms. The lowest BCUT2D eigenvalue weighted by atomic mass is 9.80. The van der Waals surface area contributed by atoms with Crippen molar-refractivity contribution in [2.45, 2.75) is 46.5 Å². The van der Waals surface area contributed by atoms with Crippen LogP contribution in [0.5, 0.6) is 0 Å². The Morgan fingerprint density at radius 3 is 2.33 bits per heavy atom. The van der Waals surface area contributed by atoms with E-state index in [0.717, 1.165) is 35.3 Å². The number of carbonyl (C=O) groups excluding carboxylic acids is 3. The number of fused-ring (bicyclic) bond motifs is 3. The maximum absolute atomic E-state index is 14.0. The highest BCUT2D eigenvalue weighted by atomic mass is 19.1. The molecule has 3 N–H and O–H groups in total. The SMILES string of the molecule is CC(=O)N1CCCC1.CNc1cc(-c2c3n(c4cc(F)ccc24)C(=O)CC(C)(C)C3)ccc1C(N)=O. The Labute approximate surface area is 210 Å². The van der Waals surface area contributed by atoms with Crippen LogP contribution in [0, 0.1) is 11.2 Å². The first-order valence-corrected chi connectivity index (χ1v) is 12.3. The third-order valence-electron chi connectivity index (χ3n) is 6.95. The predicted molar refractivity (Wildman–Crippen MR) is 140 cm³/mol. The van der Waals surface area contributed by atoms with Crippen LogP contribution in [0.25, 0.3) is 22.0 Å². The summed E-state index contributed by atoms with van der Waals surface area (Å²) >= 11 is 0. The molecule has 0 aliphatic carbocycles. The number of nitrogens with two attached hydrogens (primary N) is 1. The number of carbonyl (C=O) groups is 3. The highest BCUT2D eigenvalue weighted by molar-refractivity contribution is 6.06. The quantitative estimate of drug-likeness (QED) is 0.547. The van der Waals surface area contributed by atoms with Crippen molar-refractivity contribution in [2.75, 3.05) is 25.5 Å².